The highest BCUT2D eigenvalue weighted by atomic mass is 35.5. The lowest BCUT2D eigenvalue weighted by Crippen LogP contribution is -2.25. The Morgan fingerprint density at radius 2 is 1.94 bits per heavy atom. The molecule has 3 aromatic rings. The molecule has 0 aliphatic heterocycles. The number of benzene rings is 1. The standard InChI is InChI=1S/C23H26ClN5O2/c1-5-14(2)22(30)26-18-8-6-7-17(12-18)13-25-23(31)21-19(24)9-10-20(27-21)29-16(4)11-15(3)28-29/h6-12,14H,5,13H2,1-4H3,(H,25,31)(H,26,30). The van der Waals surface area contributed by atoms with Crippen molar-refractivity contribution in [1.29, 1.82) is 0 Å². The second kappa shape index (κ2) is 9.75. The van der Waals surface area contributed by atoms with Crippen molar-refractivity contribution in [2.45, 2.75) is 40.7 Å². The van der Waals surface area contributed by atoms with Gasteiger partial charge in [-0.15, -0.1) is 0 Å². The van der Waals surface area contributed by atoms with Crippen LogP contribution in [0.2, 0.25) is 5.02 Å². The molecule has 0 radical (unpaired) electrons. The number of amides is 2. The van der Waals surface area contributed by atoms with Crippen LogP contribution in [0.5, 0.6) is 0 Å². The lowest BCUT2D eigenvalue weighted by Gasteiger charge is -2.12. The highest BCUT2D eigenvalue weighted by Gasteiger charge is 2.16. The van der Waals surface area contributed by atoms with Gasteiger partial charge in [0.25, 0.3) is 5.91 Å². The number of hydrogen-bond acceptors (Lipinski definition) is 4. The van der Waals surface area contributed by atoms with Crippen LogP contribution in [0.25, 0.3) is 5.82 Å². The number of halogens is 1. The lowest BCUT2D eigenvalue weighted by atomic mass is 10.1. The highest BCUT2D eigenvalue weighted by Crippen LogP contribution is 2.18. The minimum atomic E-state index is -0.387. The fraction of sp³-hybridized carbons (Fsp3) is 0.304. The number of aryl methyl sites for hydroxylation is 2. The molecule has 2 amide bonds. The van der Waals surface area contributed by atoms with Crippen molar-refractivity contribution in [1.82, 2.24) is 20.1 Å². The molecule has 0 bridgehead atoms. The smallest absolute Gasteiger partial charge is 0.271 e. The summed E-state index contributed by atoms with van der Waals surface area (Å²) in [5, 5.41) is 10.4. The molecule has 8 heteroatoms. The van der Waals surface area contributed by atoms with Gasteiger partial charge in [-0.3, -0.25) is 9.59 Å². The van der Waals surface area contributed by atoms with Gasteiger partial charge in [0.1, 0.15) is 5.69 Å². The van der Waals surface area contributed by atoms with Gasteiger partial charge in [-0.25, -0.2) is 9.67 Å². The first kappa shape index (κ1) is 22.5. The first-order valence-electron chi connectivity index (χ1n) is 10.2. The van der Waals surface area contributed by atoms with E-state index in [1.165, 1.54) is 0 Å². The van der Waals surface area contributed by atoms with E-state index in [1.54, 1.807) is 16.8 Å². The van der Waals surface area contributed by atoms with Crippen LogP contribution in [0.3, 0.4) is 0 Å². The van der Waals surface area contributed by atoms with Crippen molar-refractivity contribution in [3.63, 3.8) is 0 Å². The zero-order valence-electron chi connectivity index (χ0n) is 18.1. The summed E-state index contributed by atoms with van der Waals surface area (Å²) in [6, 6.07) is 12.7. The Labute approximate surface area is 186 Å². The lowest BCUT2D eigenvalue weighted by molar-refractivity contribution is -0.119. The van der Waals surface area contributed by atoms with Gasteiger partial charge in [-0.1, -0.05) is 37.6 Å². The molecule has 0 saturated heterocycles. The number of carbonyl (C=O) groups is 2. The van der Waals surface area contributed by atoms with Gasteiger partial charge in [0.05, 0.1) is 10.7 Å². The van der Waals surface area contributed by atoms with Crippen LogP contribution in [-0.4, -0.2) is 26.6 Å². The third-order valence-corrected chi connectivity index (χ3v) is 5.29. The Hall–Kier alpha value is -3.19. The number of nitrogens with zero attached hydrogens (tertiary/aromatic N) is 3. The third-order valence-electron chi connectivity index (χ3n) is 4.98. The molecular weight excluding hydrogens is 414 g/mol. The van der Waals surface area contributed by atoms with Gasteiger partial charge in [0, 0.05) is 23.8 Å². The van der Waals surface area contributed by atoms with E-state index in [-0.39, 0.29) is 35.0 Å². The fourth-order valence-electron chi connectivity index (χ4n) is 3.05. The van der Waals surface area contributed by atoms with Gasteiger partial charge >= 0.3 is 0 Å². The Morgan fingerprint density at radius 3 is 2.61 bits per heavy atom. The van der Waals surface area contributed by atoms with Crippen molar-refractivity contribution in [3.8, 4) is 5.82 Å². The van der Waals surface area contributed by atoms with Crippen LogP contribution >= 0.6 is 11.6 Å². The van der Waals surface area contributed by atoms with E-state index in [0.717, 1.165) is 23.4 Å². The molecule has 0 aliphatic carbocycles. The van der Waals surface area contributed by atoms with Crippen molar-refractivity contribution >= 4 is 29.1 Å². The molecule has 0 saturated carbocycles. The third kappa shape index (κ3) is 5.49. The van der Waals surface area contributed by atoms with Crippen molar-refractivity contribution in [2.75, 3.05) is 5.32 Å². The number of rotatable bonds is 7. The second-order valence-corrected chi connectivity index (χ2v) is 7.93. The molecule has 2 N–H and O–H groups in total. The molecule has 2 heterocycles. The fourth-order valence-corrected chi connectivity index (χ4v) is 3.24. The Balaban J connectivity index is 1.71. The Morgan fingerprint density at radius 1 is 1.16 bits per heavy atom. The van der Waals surface area contributed by atoms with Gasteiger partial charge in [-0.05, 0) is 56.2 Å². The molecule has 162 valence electrons. The predicted molar refractivity (Wildman–Crippen MR) is 122 cm³/mol. The number of aromatic nitrogens is 3. The first-order chi connectivity index (χ1) is 14.8. The van der Waals surface area contributed by atoms with E-state index >= 15 is 0 Å². The minimum absolute atomic E-state index is 0.0272. The molecule has 0 fully saturated rings. The van der Waals surface area contributed by atoms with Crippen LogP contribution < -0.4 is 10.6 Å². The second-order valence-electron chi connectivity index (χ2n) is 7.52. The predicted octanol–water partition coefficient (Wildman–Crippen LogP) is 4.45. The maximum atomic E-state index is 12.7. The summed E-state index contributed by atoms with van der Waals surface area (Å²) in [7, 11) is 0. The summed E-state index contributed by atoms with van der Waals surface area (Å²) in [5.41, 5.74) is 3.45. The van der Waals surface area contributed by atoms with E-state index in [0.29, 0.717) is 11.5 Å². The van der Waals surface area contributed by atoms with Crippen molar-refractivity contribution < 1.29 is 9.59 Å². The monoisotopic (exact) mass is 439 g/mol. The maximum absolute atomic E-state index is 12.7. The summed E-state index contributed by atoms with van der Waals surface area (Å²) in [4.78, 5) is 29.3. The van der Waals surface area contributed by atoms with Gasteiger partial charge < -0.3 is 10.6 Å². The Kier molecular flexibility index (Phi) is 7.07. The van der Waals surface area contributed by atoms with Crippen LogP contribution in [0.1, 0.15) is 47.7 Å². The topological polar surface area (TPSA) is 88.9 Å². The first-order valence-corrected chi connectivity index (χ1v) is 10.5. The molecule has 1 unspecified atom stereocenters. The number of nitrogens with one attached hydrogen (secondary N) is 2. The number of hydrogen-bond donors (Lipinski definition) is 2. The summed E-state index contributed by atoms with van der Waals surface area (Å²) < 4.78 is 1.67. The molecule has 0 spiro atoms. The molecular formula is C23H26ClN5O2. The summed E-state index contributed by atoms with van der Waals surface area (Å²) >= 11 is 6.23. The molecule has 1 aromatic carbocycles. The van der Waals surface area contributed by atoms with Crippen molar-refractivity contribution in [2.24, 2.45) is 5.92 Å². The normalized spacial score (nSPS) is 11.8. The van der Waals surface area contributed by atoms with Crippen LogP contribution in [-0.2, 0) is 11.3 Å². The maximum Gasteiger partial charge on any atom is 0.271 e. The SMILES string of the molecule is CCC(C)C(=O)Nc1cccc(CNC(=O)c2nc(-n3nc(C)cc3C)ccc2Cl)c1. The summed E-state index contributed by atoms with van der Waals surface area (Å²) in [6.45, 7) is 7.94. The molecule has 2 aromatic heterocycles. The van der Waals surface area contributed by atoms with E-state index in [9.17, 15) is 9.59 Å². The van der Waals surface area contributed by atoms with Crippen LogP contribution in [0.4, 0.5) is 5.69 Å². The number of anilines is 1. The zero-order chi connectivity index (χ0) is 22.5. The molecule has 0 aliphatic rings. The molecule has 1 atom stereocenters. The average molecular weight is 440 g/mol. The van der Waals surface area contributed by atoms with E-state index in [2.05, 4.69) is 20.7 Å². The zero-order valence-corrected chi connectivity index (χ0v) is 18.8. The van der Waals surface area contributed by atoms with Gasteiger partial charge in [0.15, 0.2) is 5.82 Å². The van der Waals surface area contributed by atoms with Crippen LogP contribution in [0.15, 0.2) is 42.5 Å². The van der Waals surface area contributed by atoms with E-state index in [1.807, 2.05) is 58.0 Å². The average Bonchev–Trinajstić information content (AvgIpc) is 3.09. The molecule has 31 heavy (non-hydrogen) atoms. The summed E-state index contributed by atoms with van der Waals surface area (Å²) in [5.74, 6) is 0.0454. The van der Waals surface area contributed by atoms with E-state index < -0.39 is 0 Å². The van der Waals surface area contributed by atoms with Crippen LogP contribution in [0, 0.1) is 19.8 Å². The van der Waals surface area contributed by atoms with Gasteiger partial charge in [0.2, 0.25) is 5.91 Å². The molecule has 7 nitrogen and oxygen atoms in total. The molecule has 3 rings (SSSR count). The largest absolute Gasteiger partial charge is 0.347 e. The Bertz CT molecular complexity index is 1110. The van der Waals surface area contributed by atoms with Crippen molar-refractivity contribution in [3.05, 3.63) is 70.1 Å². The number of carbonyl (C=O) groups excluding carboxylic acids is 2. The quantitative estimate of drug-likeness (QED) is 0.569. The highest BCUT2D eigenvalue weighted by molar-refractivity contribution is 6.33. The van der Waals surface area contributed by atoms with E-state index in [4.69, 9.17) is 11.6 Å². The number of pyridine rings is 1. The van der Waals surface area contributed by atoms with Gasteiger partial charge in [-0.2, -0.15) is 5.10 Å². The minimum Gasteiger partial charge on any atom is -0.347 e. The summed E-state index contributed by atoms with van der Waals surface area (Å²) in [6.07, 6.45) is 0.770.